The molecule has 0 atom stereocenters. The van der Waals surface area contributed by atoms with Crippen molar-refractivity contribution in [3.8, 4) is 0 Å². The number of ether oxygens (including phenoxy) is 2. The van der Waals surface area contributed by atoms with E-state index >= 15 is 0 Å². The van der Waals surface area contributed by atoms with Gasteiger partial charge in [0.1, 0.15) is 5.60 Å². The van der Waals surface area contributed by atoms with Crippen molar-refractivity contribution in [1.29, 1.82) is 0 Å². The highest BCUT2D eigenvalue weighted by atomic mass is 32.1. The van der Waals surface area contributed by atoms with Crippen LogP contribution >= 0.6 is 11.3 Å². The fourth-order valence-electron chi connectivity index (χ4n) is 1.25. The van der Waals surface area contributed by atoms with Crippen molar-refractivity contribution >= 4 is 35.4 Å². The molecule has 0 aliphatic heterocycles. The number of anilines is 1. The zero-order valence-electron chi connectivity index (χ0n) is 11.1. The van der Waals surface area contributed by atoms with Crippen LogP contribution in [0.25, 0.3) is 0 Å². The maximum atomic E-state index is 11.7. The van der Waals surface area contributed by atoms with Gasteiger partial charge in [0.25, 0.3) is 0 Å². The highest BCUT2D eigenvalue weighted by molar-refractivity contribution is 7.12. The first-order valence-electron chi connectivity index (χ1n) is 5.43. The molecule has 0 spiro atoms. The van der Waals surface area contributed by atoms with E-state index in [4.69, 9.17) is 4.74 Å². The standard InChI is InChI=1S/C12H15NO5S/c1-12(2,3)18-11(16)13-9-7(10(15)17-4)6-19-8(9)5-14/h5-6H,1-4H3,(H,13,16). The van der Waals surface area contributed by atoms with Crippen molar-refractivity contribution in [2.24, 2.45) is 0 Å². The van der Waals surface area contributed by atoms with E-state index < -0.39 is 17.7 Å². The number of rotatable bonds is 3. The van der Waals surface area contributed by atoms with Gasteiger partial charge in [-0.15, -0.1) is 11.3 Å². The number of carbonyl (C=O) groups is 3. The quantitative estimate of drug-likeness (QED) is 0.682. The maximum absolute atomic E-state index is 11.7. The average molecular weight is 285 g/mol. The molecule has 19 heavy (non-hydrogen) atoms. The summed E-state index contributed by atoms with van der Waals surface area (Å²) >= 11 is 1.04. The molecule has 0 unspecified atom stereocenters. The van der Waals surface area contributed by atoms with E-state index in [-0.39, 0.29) is 16.1 Å². The predicted molar refractivity (Wildman–Crippen MR) is 70.9 cm³/mol. The molecule has 0 saturated carbocycles. The summed E-state index contributed by atoms with van der Waals surface area (Å²) in [7, 11) is 1.22. The highest BCUT2D eigenvalue weighted by Crippen LogP contribution is 2.28. The molecule has 0 aliphatic carbocycles. The van der Waals surface area contributed by atoms with Gasteiger partial charge in [0.05, 0.1) is 23.2 Å². The number of esters is 1. The van der Waals surface area contributed by atoms with E-state index in [0.717, 1.165) is 11.3 Å². The fourth-order valence-corrected chi connectivity index (χ4v) is 2.05. The minimum atomic E-state index is -0.737. The van der Waals surface area contributed by atoms with Crippen molar-refractivity contribution in [3.05, 3.63) is 15.8 Å². The Balaban J connectivity index is 2.98. The first-order chi connectivity index (χ1) is 8.78. The van der Waals surface area contributed by atoms with Gasteiger partial charge in [0.15, 0.2) is 6.29 Å². The van der Waals surface area contributed by atoms with Gasteiger partial charge in [-0.05, 0) is 20.8 Å². The summed E-state index contributed by atoms with van der Waals surface area (Å²) in [5, 5.41) is 3.85. The van der Waals surface area contributed by atoms with Gasteiger partial charge in [-0.25, -0.2) is 9.59 Å². The largest absolute Gasteiger partial charge is 0.465 e. The van der Waals surface area contributed by atoms with Gasteiger partial charge >= 0.3 is 12.1 Å². The number of hydrogen-bond donors (Lipinski definition) is 1. The molecule has 0 saturated heterocycles. The van der Waals surface area contributed by atoms with Crippen LogP contribution in [-0.2, 0) is 9.47 Å². The van der Waals surface area contributed by atoms with Crippen LogP contribution < -0.4 is 5.32 Å². The third-order valence-electron chi connectivity index (χ3n) is 1.96. The number of amides is 1. The molecule has 1 rings (SSSR count). The number of carbonyl (C=O) groups excluding carboxylic acids is 3. The highest BCUT2D eigenvalue weighted by Gasteiger charge is 2.22. The van der Waals surface area contributed by atoms with Gasteiger partial charge < -0.3 is 9.47 Å². The van der Waals surface area contributed by atoms with Crippen molar-refractivity contribution < 1.29 is 23.9 Å². The van der Waals surface area contributed by atoms with E-state index in [0.29, 0.717) is 6.29 Å². The Morgan fingerprint density at radius 1 is 1.37 bits per heavy atom. The lowest BCUT2D eigenvalue weighted by Crippen LogP contribution is -2.27. The Hall–Kier alpha value is -1.89. The summed E-state index contributed by atoms with van der Waals surface area (Å²) in [4.78, 5) is 34.3. The minimum absolute atomic E-state index is 0.112. The topological polar surface area (TPSA) is 81.7 Å². The first kappa shape index (κ1) is 15.2. The van der Waals surface area contributed by atoms with E-state index in [1.54, 1.807) is 20.8 Å². The Morgan fingerprint density at radius 3 is 2.47 bits per heavy atom. The number of methoxy groups -OCH3 is 1. The number of aldehydes is 1. The Labute approximate surface area is 114 Å². The number of thiophene rings is 1. The predicted octanol–water partition coefficient (Wildman–Crippen LogP) is 2.69. The molecular weight excluding hydrogens is 270 g/mol. The molecule has 0 aromatic carbocycles. The molecule has 7 heteroatoms. The first-order valence-corrected chi connectivity index (χ1v) is 6.31. The summed E-state index contributed by atoms with van der Waals surface area (Å²) in [6.45, 7) is 5.13. The van der Waals surface area contributed by atoms with Crippen LogP contribution in [0.3, 0.4) is 0 Å². The van der Waals surface area contributed by atoms with Gasteiger partial charge in [-0.2, -0.15) is 0 Å². The molecule has 1 heterocycles. The summed E-state index contributed by atoms with van der Waals surface area (Å²) in [5.74, 6) is -0.629. The van der Waals surface area contributed by atoms with Crippen LogP contribution in [0.4, 0.5) is 10.5 Å². The van der Waals surface area contributed by atoms with Crippen molar-refractivity contribution in [1.82, 2.24) is 0 Å². The monoisotopic (exact) mass is 285 g/mol. The van der Waals surface area contributed by atoms with E-state index in [2.05, 4.69) is 10.1 Å². The van der Waals surface area contributed by atoms with E-state index in [1.165, 1.54) is 12.5 Å². The number of hydrogen-bond acceptors (Lipinski definition) is 6. The van der Waals surface area contributed by atoms with Gasteiger partial charge in [-0.1, -0.05) is 0 Å². The van der Waals surface area contributed by atoms with E-state index in [9.17, 15) is 14.4 Å². The molecule has 0 fully saturated rings. The summed E-state index contributed by atoms with van der Waals surface area (Å²) in [5.41, 5.74) is -0.436. The third-order valence-corrected chi connectivity index (χ3v) is 2.87. The van der Waals surface area contributed by atoms with Gasteiger partial charge in [0, 0.05) is 5.38 Å². The zero-order valence-corrected chi connectivity index (χ0v) is 11.9. The average Bonchev–Trinajstić information content (AvgIpc) is 2.68. The normalized spacial score (nSPS) is 10.7. The maximum Gasteiger partial charge on any atom is 0.412 e. The van der Waals surface area contributed by atoms with Crippen LogP contribution in [0.2, 0.25) is 0 Å². The summed E-state index contributed by atoms with van der Waals surface area (Å²) < 4.78 is 9.64. The Morgan fingerprint density at radius 2 is 2.00 bits per heavy atom. The second kappa shape index (κ2) is 5.83. The second-order valence-corrected chi connectivity index (χ2v) is 5.54. The minimum Gasteiger partial charge on any atom is -0.465 e. The molecule has 1 aromatic heterocycles. The van der Waals surface area contributed by atoms with Crippen molar-refractivity contribution in [3.63, 3.8) is 0 Å². The SMILES string of the molecule is COC(=O)c1csc(C=O)c1NC(=O)OC(C)(C)C. The smallest absolute Gasteiger partial charge is 0.412 e. The van der Waals surface area contributed by atoms with Crippen LogP contribution in [0, 0.1) is 0 Å². The lowest BCUT2D eigenvalue weighted by molar-refractivity contribution is 0.0602. The Bertz CT molecular complexity index is 501. The van der Waals surface area contributed by atoms with Crippen LogP contribution in [0.5, 0.6) is 0 Å². The molecule has 1 amide bonds. The Kier molecular flexibility index (Phi) is 4.66. The van der Waals surface area contributed by atoms with Crippen LogP contribution in [0.1, 0.15) is 40.8 Å². The summed E-state index contributed by atoms with van der Waals surface area (Å²) in [6, 6.07) is 0. The van der Waals surface area contributed by atoms with Crippen LogP contribution in [-0.4, -0.2) is 31.1 Å². The second-order valence-electron chi connectivity index (χ2n) is 4.62. The lowest BCUT2D eigenvalue weighted by Gasteiger charge is -2.19. The molecular formula is C12H15NO5S. The molecule has 104 valence electrons. The number of nitrogens with one attached hydrogen (secondary N) is 1. The molecule has 1 aromatic rings. The molecule has 0 aliphatic rings. The van der Waals surface area contributed by atoms with Crippen molar-refractivity contribution in [2.75, 3.05) is 12.4 Å². The van der Waals surface area contributed by atoms with E-state index in [1.807, 2.05) is 0 Å². The lowest BCUT2D eigenvalue weighted by atomic mass is 10.2. The molecule has 1 N–H and O–H groups in total. The summed E-state index contributed by atoms with van der Waals surface area (Å²) in [6.07, 6.45) is -0.178. The molecule has 6 nitrogen and oxygen atoms in total. The van der Waals surface area contributed by atoms with Gasteiger partial charge in [-0.3, -0.25) is 10.1 Å². The molecule has 0 bridgehead atoms. The molecule has 0 radical (unpaired) electrons. The fraction of sp³-hybridized carbons (Fsp3) is 0.417. The van der Waals surface area contributed by atoms with Crippen molar-refractivity contribution in [2.45, 2.75) is 26.4 Å². The zero-order chi connectivity index (χ0) is 14.6. The third kappa shape index (κ3) is 4.06. The van der Waals surface area contributed by atoms with Crippen LogP contribution in [0.15, 0.2) is 5.38 Å². The van der Waals surface area contributed by atoms with Gasteiger partial charge in [0.2, 0.25) is 0 Å².